The van der Waals surface area contributed by atoms with Crippen molar-refractivity contribution in [3.8, 4) is 23.0 Å². The predicted molar refractivity (Wildman–Crippen MR) is 125 cm³/mol. The standard InChI is InChI=1S/C26H26N2O6/c1-13-22-23(16-11-20(32-3)25(30)21(12-16)33-4)24-18(27-26(22)34-28-13)9-15(10-19(24)29)14-5-7-17(31-2)8-6-14/h5-8,11-12,15,23,27,30H,9-10H2,1-4H3/t15-,23-/m0/s1. The van der Waals surface area contributed by atoms with E-state index < -0.39 is 5.92 Å². The average molecular weight is 463 g/mol. The van der Waals surface area contributed by atoms with Gasteiger partial charge in [0, 0.05) is 23.6 Å². The molecule has 1 aromatic heterocycles. The molecule has 1 aliphatic heterocycles. The fraction of sp³-hybridized carbons (Fsp3) is 0.308. The van der Waals surface area contributed by atoms with Crippen molar-refractivity contribution in [1.29, 1.82) is 0 Å². The summed E-state index contributed by atoms with van der Waals surface area (Å²) in [5, 5.41) is 17.9. The minimum Gasteiger partial charge on any atom is -0.502 e. The number of anilines is 1. The highest BCUT2D eigenvalue weighted by Crippen LogP contribution is 2.51. The fourth-order valence-electron chi connectivity index (χ4n) is 5.00. The van der Waals surface area contributed by atoms with Crippen LogP contribution in [0, 0.1) is 6.92 Å². The van der Waals surface area contributed by atoms with E-state index in [1.807, 2.05) is 31.2 Å². The topological polar surface area (TPSA) is 103 Å². The third-order valence-corrected chi connectivity index (χ3v) is 6.68. The molecular weight excluding hydrogens is 436 g/mol. The first-order valence-electron chi connectivity index (χ1n) is 11.0. The van der Waals surface area contributed by atoms with Crippen molar-refractivity contribution in [1.82, 2.24) is 5.16 Å². The Morgan fingerprint density at radius 1 is 1.00 bits per heavy atom. The van der Waals surface area contributed by atoms with Crippen molar-refractivity contribution in [2.45, 2.75) is 31.6 Å². The van der Waals surface area contributed by atoms with Crippen molar-refractivity contribution in [2.75, 3.05) is 26.6 Å². The van der Waals surface area contributed by atoms with Gasteiger partial charge in [0.2, 0.25) is 11.6 Å². The van der Waals surface area contributed by atoms with E-state index in [4.69, 9.17) is 18.7 Å². The molecule has 0 fully saturated rings. The number of fused-ring (bicyclic) bond motifs is 1. The fourth-order valence-corrected chi connectivity index (χ4v) is 5.00. The van der Waals surface area contributed by atoms with E-state index in [0.29, 0.717) is 30.0 Å². The van der Waals surface area contributed by atoms with Gasteiger partial charge in [-0.1, -0.05) is 17.3 Å². The number of phenolic OH excluding ortho intramolecular Hbond substituents is 1. The number of Topliss-reactive ketones (excluding diaryl/α,β-unsaturated/α-hetero) is 1. The number of aromatic hydroxyl groups is 1. The van der Waals surface area contributed by atoms with Crippen LogP contribution in [0.5, 0.6) is 23.0 Å². The number of carbonyl (C=O) groups is 1. The van der Waals surface area contributed by atoms with Gasteiger partial charge in [0.1, 0.15) is 5.75 Å². The molecule has 176 valence electrons. The Bertz CT molecular complexity index is 1270. The molecular formula is C26H26N2O6. The van der Waals surface area contributed by atoms with E-state index in [2.05, 4.69) is 10.5 Å². The third-order valence-electron chi connectivity index (χ3n) is 6.68. The van der Waals surface area contributed by atoms with Gasteiger partial charge in [-0.15, -0.1) is 0 Å². The largest absolute Gasteiger partial charge is 0.502 e. The van der Waals surface area contributed by atoms with Crippen LogP contribution in [0.25, 0.3) is 0 Å². The Morgan fingerprint density at radius 3 is 2.29 bits per heavy atom. The maximum Gasteiger partial charge on any atom is 0.233 e. The van der Waals surface area contributed by atoms with Gasteiger partial charge in [-0.25, -0.2) is 0 Å². The van der Waals surface area contributed by atoms with Crippen molar-refractivity contribution in [3.63, 3.8) is 0 Å². The molecule has 8 heteroatoms. The number of hydrogen-bond donors (Lipinski definition) is 2. The van der Waals surface area contributed by atoms with Crippen LogP contribution >= 0.6 is 0 Å². The number of ether oxygens (including phenoxy) is 3. The van der Waals surface area contributed by atoms with Gasteiger partial charge in [-0.2, -0.15) is 0 Å². The molecule has 2 aromatic carbocycles. The molecule has 0 amide bonds. The molecule has 8 nitrogen and oxygen atoms in total. The zero-order chi connectivity index (χ0) is 24.0. The first-order valence-corrected chi connectivity index (χ1v) is 11.0. The maximum absolute atomic E-state index is 13.7. The quantitative estimate of drug-likeness (QED) is 0.564. The summed E-state index contributed by atoms with van der Waals surface area (Å²) in [5.74, 6) is 1.40. The van der Waals surface area contributed by atoms with Crippen LogP contribution in [0.3, 0.4) is 0 Å². The maximum atomic E-state index is 13.7. The van der Waals surface area contributed by atoms with E-state index >= 15 is 0 Å². The van der Waals surface area contributed by atoms with Crippen LogP contribution in [-0.2, 0) is 4.79 Å². The Hall–Kier alpha value is -3.94. The first-order chi connectivity index (χ1) is 16.4. The number of nitrogens with zero attached hydrogens (tertiary/aromatic N) is 1. The van der Waals surface area contributed by atoms with Crippen LogP contribution in [-0.4, -0.2) is 37.4 Å². The molecule has 0 spiro atoms. The summed E-state index contributed by atoms with van der Waals surface area (Å²) in [6.45, 7) is 1.85. The molecule has 2 atom stereocenters. The number of rotatable bonds is 5. The molecule has 0 saturated heterocycles. The number of ketones is 1. The summed E-state index contributed by atoms with van der Waals surface area (Å²) in [7, 11) is 4.59. The minimum atomic E-state index is -0.426. The molecule has 2 N–H and O–H groups in total. The smallest absolute Gasteiger partial charge is 0.233 e. The Balaban J connectivity index is 1.62. The van der Waals surface area contributed by atoms with E-state index in [-0.39, 0.29) is 28.9 Å². The number of allylic oxidation sites excluding steroid dienone is 2. The van der Waals surface area contributed by atoms with Crippen LogP contribution in [0.15, 0.2) is 52.2 Å². The van der Waals surface area contributed by atoms with Crippen molar-refractivity contribution in [2.24, 2.45) is 0 Å². The van der Waals surface area contributed by atoms with Crippen molar-refractivity contribution >= 4 is 11.7 Å². The summed E-state index contributed by atoms with van der Waals surface area (Å²) in [4.78, 5) is 13.7. The highest BCUT2D eigenvalue weighted by Gasteiger charge is 2.41. The number of nitrogens with one attached hydrogen (secondary N) is 1. The Morgan fingerprint density at radius 2 is 1.68 bits per heavy atom. The number of benzene rings is 2. The van der Waals surface area contributed by atoms with Gasteiger partial charge in [0.05, 0.1) is 32.6 Å². The van der Waals surface area contributed by atoms with E-state index in [1.54, 1.807) is 19.2 Å². The summed E-state index contributed by atoms with van der Waals surface area (Å²) in [5.41, 5.74) is 4.81. The third kappa shape index (κ3) is 3.46. The van der Waals surface area contributed by atoms with Gasteiger partial charge < -0.3 is 29.2 Å². The first kappa shape index (κ1) is 21.9. The van der Waals surface area contributed by atoms with Crippen molar-refractivity contribution in [3.05, 3.63) is 70.1 Å². The van der Waals surface area contributed by atoms with E-state index in [1.165, 1.54) is 14.2 Å². The molecule has 0 unspecified atom stereocenters. The molecule has 0 radical (unpaired) electrons. The van der Waals surface area contributed by atoms with Gasteiger partial charge in [0.15, 0.2) is 17.3 Å². The van der Waals surface area contributed by atoms with Crippen LogP contribution in [0.1, 0.15) is 47.1 Å². The number of carbonyl (C=O) groups excluding carboxylic acids is 1. The van der Waals surface area contributed by atoms with Crippen LogP contribution in [0.2, 0.25) is 0 Å². The number of hydrogen-bond acceptors (Lipinski definition) is 8. The molecule has 1 aliphatic carbocycles. The van der Waals surface area contributed by atoms with Crippen molar-refractivity contribution < 1.29 is 28.6 Å². The molecule has 34 heavy (non-hydrogen) atoms. The van der Waals surface area contributed by atoms with Gasteiger partial charge in [-0.3, -0.25) is 4.79 Å². The zero-order valence-corrected chi connectivity index (χ0v) is 19.5. The second-order valence-corrected chi connectivity index (χ2v) is 8.54. The molecule has 5 rings (SSSR count). The van der Waals surface area contributed by atoms with Crippen LogP contribution < -0.4 is 19.5 Å². The van der Waals surface area contributed by atoms with Gasteiger partial charge in [-0.05, 0) is 54.7 Å². The summed E-state index contributed by atoms with van der Waals surface area (Å²) < 4.78 is 21.6. The number of aryl methyl sites for hydroxylation is 1. The highest BCUT2D eigenvalue weighted by molar-refractivity contribution is 6.01. The monoisotopic (exact) mass is 462 g/mol. The number of phenols is 1. The lowest BCUT2D eigenvalue weighted by atomic mass is 9.72. The Labute approximate surface area is 197 Å². The molecule has 2 heterocycles. The minimum absolute atomic E-state index is 0.0276. The second-order valence-electron chi connectivity index (χ2n) is 8.54. The summed E-state index contributed by atoms with van der Waals surface area (Å²) in [6.07, 6.45) is 1.03. The van der Waals surface area contributed by atoms with Gasteiger partial charge in [0.25, 0.3) is 0 Å². The second kappa shape index (κ2) is 8.44. The lowest BCUT2D eigenvalue weighted by molar-refractivity contribution is -0.116. The molecule has 0 saturated carbocycles. The normalized spacial score (nSPS) is 19.2. The summed E-state index contributed by atoms with van der Waals surface area (Å²) >= 11 is 0. The lowest BCUT2D eigenvalue weighted by Crippen LogP contribution is -2.29. The Kier molecular flexibility index (Phi) is 5.43. The number of aromatic nitrogens is 1. The molecule has 2 aliphatic rings. The highest BCUT2D eigenvalue weighted by atomic mass is 16.5. The average Bonchev–Trinajstić information content (AvgIpc) is 3.23. The lowest BCUT2D eigenvalue weighted by Gasteiger charge is -2.34. The van der Waals surface area contributed by atoms with E-state index in [9.17, 15) is 9.90 Å². The predicted octanol–water partition coefficient (Wildman–Crippen LogP) is 4.67. The SMILES string of the molecule is COc1ccc([C@@H]2CC(=O)C3=C(C2)Nc2onc(C)c2[C@@H]3c2cc(OC)c(O)c(OC)c2)cc1. The van der Waals surface area contributed by atoms with Crippen LogP contribution in [0.4, 0.5) is 5.88 Å². The number of methoxy groups -OCH3 is 3. The van der Waals surface area contributed by atoms with E-state index in [0.717, 1.165) is 28.1 Å². The van der Waals surface area contributed by atoms with Gasteiger partial charge >= 0.3 is 0 Å². The zero-order valence-electron chi connectivity index (χ0n) is 19.5. The molecule has 3 aromatic rings. The molecule has 0 bridgehead atoms. The summed E-state index contributed by atoms with van der Waals surface area (Å²) in [6, 6.07) is 11.3.